The fraction of sp³-hybridized carbons (Fsp3) is 0.0714. The third kappa shape index (κ3) is 1.95. The van der Waals surface area contributed by atoms with Crippen molar-refractivity contribution in [2.45, 2.75) is 6.92 Å². The van der Waals surface area contributed by atoms with Crippen molar-refractivity contribution in [3.63, 3.8) is 0 Å². The van der Waals surface area contributed by atoms with Gasteiger partial charge in [0.25, 0.3) is 0 Å². The van der Waals surface area contributed by atoms with Gasteiger partial charge in [-0.15, -0.1) is 0 Å². The molecule has 0 fully saturated rings. The monoisotopic (exact) mass is 252 g/mol. The average molecular weight is 252 g/mol. The molecule has 0 bridgehead atoms. The molecule has 94 valence electrons. The second-order valence-electron chi connectivity index (χ2n) is 4.14. The van der Waals surface area contributed by atoms with Crippen molar-refractivity contribution in [3.05, 3.63) is 48.5 Å². The van der Waals surface area contributed by atoms with Gasteiger partial charge in [0, 0.05) is 29.8 Å². The van der Waals surface area contributed by atoms with Crippen molar-refractivity contribution in [1.82, 2.24) is 15.1 Å². The zero-order valence-corrected chi connectivity index (χ0v) is 10.4. The Morgan fingerprint density at radius 1 is 1.11 bits per heavy atom. The van der Waals surface area contributed by atoms with Crippen LogP contribution in [0, 0.1) is 6.92 Å². The summed E-state index contributed by atoms with van der Waals surface area (Å²) in [6.07, 6.45) is 5.16. The van der Waals surface area contributed by atoms with E-state index in [0.29, 0.717) is 11.6 Å². The predicted octanol–water partition coefficient (Wildman–Crippen LogP) is 2.69. The summed E-state index contributed by atoms with van der Waals surface area (Å²) in [5.74, 6) is 0.296. The Morgan fingerprint density at radius 3 is 2.63 bits per heavy atom. The van der Waals surface area contributed by atoms with Gasteiger partial charge in [-0.05, 0) is 36.8 Å². The summed E-state index contributed by atoms with van der Waals surface area (Å²) in [4.78, 5) is 8.27. The van der Waals surface area contributed by atoms with Crippen molar-refractivity contribution < 1.29 is 4.52 Å². The first-order chi connectivity index (χ1) is 9.27. The maximum atomic E-state index is 5.89. The highest BCUT2D eigenvalue weighted by Gasteiger charge is 2.18. The van der Waals surface area contributed by atoms with E-state index in [4.69, 9.17) is 10.3 Å². The zero-order chi connectivity index (χ0) is 13.2. The molecule has 0 aromatic carbocycles. The number of hydrogen-bond acceptors (Lipinski definition) is 5. The van der Waals surface area contributed by atoms with Crippen molar-refractivity contribution in [2.24, 2.45) is 0 Å². The molecule has 0 aliphatic carbocycles. The Bertz CT molecular complexity index is 706. The van der Waals surface area contributed by atoms with E-state index in [1.165, 1.54) is 0 Å². The van der Waals surface area contributed by atoms with Crippen molar-refractivity contribution >= 4 is 5.88 Å². The Balaban J connectivity index is 2.23. The number of hydrogen-bond donors (Lipinski definition) is 1. The number of pyridine rings is 2. The first-order valence-electron chi connectivity index (χ1n) is 5.85. The Labute approximate surface area is 110 Å². The van der Waals surface area contributed by atoms with Crippen LogP contribution in [-0.4, -0.2) is 15.1 Å². The van der Waals surface area contributed by atoms with Crippen LogP contribution in [0.15, 0.2) is 47.4 Å². The molecular weight excluding hydrogens is 240 g/mol. The van der Waals surface area contributed by atoms with E-state index >= 15 is 0 Å². The van der Waals surface area contributed by atoms with Crippen LogP contribution in [0.1, 0.15) is 5.69 Å². The van der Waals surface area contributed by atoms with Gasteiger partial charge in [0.05, 0.1) is 5.56 Å². The minimum absolute atomic E-state index is 0.296. The predicted molar refractivity (Wildman–Crippen MR) is 72.1 cm³/mol. The maximum Gasteiger partial charge on any atom is 0.230 e. The van der Waals surface area contributed by atoms with Gasteiger partial charge in [0.1, 0.15) is 5.69 Å². The van der Waals surface area contributed by atoms with Gasteiger partial charge in [0.15, 0.2) is 0 Å². The van der Waals surface area contributed by atoms with Gasteiger partial charge in [-0.25, -0.2) is 0 Å². The Hall–Kier alpha value is -2.69. The van der Waals surface area contributed by atoms with E-state index < -0.39 is 0 Å². The van der Waals surface area contributed by atoms with Gasteiger partial charge >= 0.3 is 0 Å². The minimum atomic E-state index is 0.296. The molecular formula is C14H12N4O. The Morgan fingerprint density at radius 2 is 1.89 bits per heavy atom. The summed E-state index contributed by atoms with van der Waals surface area (Å²) in [6, 6.07) is 7.56. The van der Waals surface area contributed by atoms with Crippen molar-refractivity contribution in [3.8, 4) is 22.4 Å². The van der Waals surface area contributed by atoms with Crippen LogP contribution in [-0.2, 0) is 0 Å². The molecule has 3 heterocycles. The van der Waals surface area contributed by atoms with Gasteiger partial charge in [-0.2, -0.15) is 0 Å². The molecule has 0 saturated heterocycles. The molecule has 3 aromatic heterocycles. The molecule has 0 aliphatic rings. The molecule has 0 unspecified atom stereocenters. The molecule has 5 nitrogen and oxygen atoms in total. The van der Waals surface area contributed by atoms with E-state index in [2.05, 4.69) is 15.1 Å². The number of rotatable bonds is 2. The van der Waals surface area contributed by atoms with Crippen LogP contribution in [0.25, 0.3) is 22.4 Å². The molecule has 3 aromatic rings. The molecule has 5 heteroatoms. The molecule has 3 rings (SSSR count). The third-order valence-electron chi connectivity index (χ3n) is 2.95. The van der Waals surface area contributed by atoms with Gasteiger partial charge in [-0.3, -0.25) is 9.97 Å². The van der Waals surface area contributed by atoms with Crippen LogP contribution in [0.4, 0.5) is 5.88 Å². The smallest absolute Gasteiger partial charge is 0.230 e. The number of nitrogens with zero attached hydrogens (tertiary/aromatic N) is 3. The second-order valence-corrected chi connectivity index (χ2v) is 4.14. The minimum Gasteiger partial charge on any atom is -0.367 e. The zero-order valence-electron chi connectivity index (χ0n) is 10.4. The molecule has 0 aliphatic heterocycles. The number of aromatic nitrogens is 3. The van der Waals surface area contributed by atoms with Crippen molar-refractivity contribution in [2.75, 3.05) is 5.73 Å². The summed E-state index contributed by atoms with van der Waals surface area (Å²) in [6.45, 7) is 1.93. The van der Waals surface area contributed by atoms with Gasteiger partial charge in [0.2, 0.25) is 5.88 Å². The molecule has 2 N–H and O–H groups in total. The summed E-state index contributed by atoms with van der Waals surface area (Å²) < 4.78 is 5.14. The summed E-state index contributed by atoms with van der Waals surface area (Å²) >= 11 is 0. The van der Waals surface area contributed by atoms with E-state index in [1.807, 2.05) is 31.2 Å². The van der Waals surface area contributed by atoms with Crippen LogP contribution in [0.2, 0.25) is 0 Å². The average Bonchev–Trinajstić information content (AvgIpc) is 2.82. The topological polar surface area (TPSA) is 77.8 Å². The van der Waals surface area contributed by atoms with Gasteiger partial charge < -0.3 is 10.3 Å². The maximum absolute atomic E-state index is 5.89. The van der Waals surface area contributed by atoms with E-state index in [9.17, 15) is 0 Å². The Kier molecular flexibility index (Phi) is 2.72. The van der Waals surface area contributed by atoms with Crippen LogP contribution in [0.5, 0.6) is 0 Å². The molecule has 19 heavy (non-hydrogen) atoms. The molecule has 0 amide bonds. The normalized spacial score (nSPS) is 10.6. The molecule has 0 spiro atoms. The molecule has 0 atom stereocenters. The highest BCUT2D eigenvalue weighted by Crippen LogP contribution is 2.36. The SMILES string of the molecule is Cc1ncccc1-c1noc(N)c1-c1ccncc1. The fourth-order valence-corrected chi connectivity index (χ4v) is 2.02. The number of aryl methyl sites for hydroxylation is 1. The van der Waals surface area contributed by atoms with Crippen LogP contribution < -0.4 is 5.73 Å². The summed E-state index contributed by atoms with van der Waals surface area (Å²) in [5.41, 5.74) is 10.1. The molecule has 0 radical (unpaired) electrons. The van der Waals surface area contributed by atoms with E-state index in [-0.39, 0.29) is 0 Å². The number of anilines is 1. The standard InChI is InChI=1S/C14H12N4O/c1-9-11(3-2-6-17-9)13-12(14(15)19-18-13)10-4-7-16-8-5-10/h2-8H,15H2,1H3. The van der Waals surface area contributed by atoms with Crippen molar-refractivity contribution in [1.29, 1.82) is 0 Å². The lowest BCUT2D eigenvalue weighted by Gasteiger charge is -2.04. The lowest BCUT2D eigenvalue weighted by molar-refractivity contribution is 0.439. The first-order valence-corrected chi connectivity index (χ1v) is 5.85. The van der Waals surface area contributed by atoms with E-state index in [0.717, 1.165) is 22.4 Å². The number of nitrogens with two attached hydrogens (primary N) is 1. The first kappa shape index (κ1) is 11.4. The second kappa shape index (κ2) is 4.53. The van der Waals surface area contributed by atoms with Crippen LogP contribution >= 0.6 is 0 Å². The summed E-state index contributed by atoms with van der Waals surface area (Å²) in [7, 11) is 0. The van der Waals surface area contributed by atoms with E-state index in [1.54, 1.807) is 18.6 Å². The van der Waals surface area contributed by atoms with Crippen LogP contribution in [0.3, 0.4) is 0 Å². The summed E-state index contributed by atoms with van der Waals surface area (Å²) in [5, 5.41) is 4.06. The van der Waals surface area contributed by atoms with Gasteiger partial charge in [-0.1, -0.05) is 5.16 Å². The molecule has 0 saturated carbocycles. The fourth-order valence-electron chi connectivity index (χ4n) is 2.02. The highest BCUT2D eigenvalue weighted by atomic mass is 16.5. The third-order valence-corrected chi connectivity index (χ3v) is 2.95. The largest absolute Gasteiger partial charge is 0.367 e. The quantitative estimate of drug-likeness (QED) is 0.758. The lowest BCUT2D eigenvalue weighted by Crippen LogP contribution is -1.91. The lowest BCUT2D eigenvalue weighted by atomic mass is 10.0. The highest BCUT2D eigenvalue weighted by molar-refractivity contribution is 5.87. The number of nitrogen functional groups attached to an aromatic ring is 1.